The molecule has 0 atom stereocenters. The number of thiocarbonyl (C=S) groups is 1. The van der Waals surface area contributed by atoms with Gasteiger partial charge in [-0.25, -0.2) is 9.97 Å². The van der Waals surface area contributed by atoms with E-state index >= 15 is 0 Å². The summed E-state index contributed by atoms with van der Waals surface area (Å²) in [6, 6.07) is 3.66. The smallest absolute Gasteiger partial charge is 0.136 e. The molecule has 0 aliphatic rings. The van der Waals surface area contributed by atoms with E-state index in [1.54, 1.807) is 17.5 Å². The Morgan fingerprint density at radius 2 is 2.41 bits per heavy atom. The number of nitrogens with two attached hydrogens (primary N) is 1. The summed E-state index contributed by atoms with van der Waals surface area (Å²) in [5, 5.41) is 6.23. The minimum Gasteiger partial charge on any atom is -0.389 e. The van der Waals surface area contributed by atoms with E-state index in [9.17, 15) is 0 Å². The summed E-state index contributed by atoms with van der Waals surface area (Å²) in [5.41, 5.74) is 7.42. The summed E-state index contributed by atoms with van der Waals surface area (Å²) in [5.74, 6) is 0.702. The van der Waals surface area contributed by atoms with Gasteiger partial charge < -0.3 is 11.1 Å². The van der Waals surface area contributed by atoms with Crippen LogP contribution in [0.1, 0.15) is 16.3 Å². The van der Waals surface area contributed by atoms with E-state index in [2.05, 4.69) is 15.3 Å². The largest absolute Gasteiger partial charge is 0.389 e. The molecule has 0 bridgehead atoms. The summed E-state index contributed by atoms with van der Waals surface area (Å²) in [6.07, 6.45) is 1.71. The number of nitrogens with zero attached hydrogens (tertiary/aromatic N) is 2. The molecule has 0 spiro atoms. The van der Waals surface area contributed by atoms with Gasteiger partial charge in [0.15, 0.2) is 0 Å². The van der Waals surface area contributed by atoms with Crippen molar-refractivity contribution in [1.29, 1.82) is 0 Å². The van der Waals surface area contributed by atoms with Crippen LogP contribution in [0.4, 0.5) is 5.82 Å². The summed E-state index contributed by atoms with van der Waals surface area (Å²) < 4.78 is 0. The van der Waals surface area contributed by atoms with Gasteiger partial charge in [-0.1, -0.05) is 12.2 Å². The van der Waals surface area contributed by atoms with Crippen LogP contribution < -0.4 is 11.1 Å². The molecule has 0 amide bonds. The molecule has 2 rings (SSSR count). The van der Waals surface area contributed by atoms with Gasteiger partial charge in [-0.3, -0.25) is 0 Å². The van der Waals surface area contributed by atoms with E-state index in [0.29, 0.717) is 17.4 Å². The number of hydrogen-bond donors (Lipinski definition) is 2. The summed E-state index contributed by atoms with van der Waals surface area (Å²) >= 11 is 6.59. The highest BCUT2D eigenvalue weighted by Gasteiger charge is 2.06. The van der Waals surface area contributed by atoms with Crippen LogP contribution in [0.2, 0.25) is 0 Å². The Morgan fingerprint density at radius 1 is 1.59 bits per heavy atom. The van der Waals surface area contributed by atoms with Crippen LogP contribution in [0.15, 0.2) is 23.7 Å². The lowest BCUT2D eigenvalue weighted by Gasteiger charge is -2.08. The Bertz CT molecular complexity index is 536. The van der Waals surface area contributed by atoms with E-state index in [1.165, 1.54) is 0 Å². The number of pyridine rings is 1. The van der Waals surface area contributed by atoms with E-state index in [0.717, 1.165) is 16.3 Å². The zero-order valence-electron chi connectivity index (χ0n) is 9.30. The predicted molar refractivity (Wildman–Crippen MR) is 74.3 cm³/mol. The number of aromatic nitrogens is 2. The van der Waals surface area contributed by atoms with Gasteiger partial charge in [-0.05, 0) is 19.1 Å². The number of anilines is 1. The highest BCUT2D eigenvalue weighted by Crippen LogP contribution is 2.14. The van der Waals surface area contributed by atoms with Gasteiger partial charge >= 0.3 is 0 Å². The third kappa shape index (κ3) is 2.98. The third-order valence-corrected chi connectivity index (χ3v) is 3.33. The molecule has 2 aromatic heterocycles. The number of hydrogen-bond acceptors (Lipinski definition) is 5. The Labute approximate surface area is 109 Å². The van der Waals surface area contributed by atoms with E-state index in [-0.39, 0.29) is 0 Å². The van der Waals surface area contributed by atoms with Crippen LogP contribution >= 0.6 is 23.6 Å². The summed E-state index contributed by atoms with van der Waals surface area (Å²) in [7, 11) is 0. The molecule has 3 N–H and O–H groups in total. The average molecular weight is 264 g/mol. The molecule has 4 nitrogen and oxygen atoms in total. The molecule has 0 unspecified atom stereocenters. The molecule has 0 aliphatic carbocycles. The van der Waals surface area contributed by atoms with Gasteiger partial charge in [0, 0.05) is 17.3 Å². The van der Waals surface area contributed by atoms with Crippen LogP contribution in [0.5, 0.6) is 0 Å². The molecular weight excluding hydrogens is 252 g/mol. The minimum absolute atomic E-state index is 0.343. The van der Waals surface area contributed by atoms with Crippen LogP contribution in [0.25, 0.3) is 0 Å². The lowest BCUT2D eigenvalue weighted by atomic mass is 10.2. The van der Waals surface area contributed by atoms with Crippen molar-refractivity contribution in [3.8, 4) is 0 Å². The highest BCUT2D eigenvalue weighted by atomic mass is 32.1. The van der Waals surface area contributed by atoms with Gasteiger partial charge in [0.2, 0.25) is 0 Å². The standard InChI is InChI=1S/C11H12N4S2/c1-7-6-17-9(15-7)5-14-11-8(10(12)16)3-2-4-13-11/h2-4,6H,5H2,1H3,(H2,12,16)(H,13,14). The Kier molecular flexibility index (Phi) is 3.65. The SMILES string of the molecule is Cc1csc(CNc2ncccc2C(N)=S)n1. The molecule has 0 aromatic carbocycles. The molecule has 0 saturated heterocycles. The number of aryl methyl sites for hydroxylation is 1. The second-order valence-corrected chi connectivity index (χ2v) is 4.88. The fraction of sp³-hybridized carbons (Fsp3) is 0.182. The van der Waals surface area contributed by atoms with E-state index in [4.69, 9.17) is 18.0 Å². The van der Waals surface area contributed by atoms with Crippen molar-refractivity contribution in [2.75, 3.05) is 5.32 Å². The maximum atomic E-state index is 5.63. The maximum Gasteiger partial charge on any atom is 0.136 e. The number of rotatable bonds is 4. The second kappa shape index (κ2) is 5.20. The van der Waals surface area contributed by atoms with E-state index < -0.39 is 0 Å². The predicted octanol–water partition coefficient (Wildman–Crippen LogP) is 2.09. The van der Waals surface area contributed by atoms with E-state index in [1.807, 2.05) is 24.4 Å². The first-order valence-electron chi connectivity index (χ1n) is 5.06. The maximum absolute atomic E-state index is 5.63. The topological polar surface area (TPSA) is 63.8 Å². The van der Waals surface area contributed by atoms with Crippen molar-refractivity contribution in [3.05, 3.63) is 40.0 Å². The first kappa shape index (κ1) is 11.9. The monoisotopic (exact) mass is 264 g/mol. The molecule has 17 heavy (non-hydrogen) atoms. The Balaban J connectivity index is 2.11. The van der Waals surface area contributed by atoms with Gasteiger partial charge in [0.1, 0.15) is 15.8 Å². The van der Waals surface area contributed by atoms with Crippen LogP contribution in [-0.4, -0.2) is 15.0 Å². The molecule has 2 heterocycles. The molecule has 0 aliphatic heterocycles. The second-order valence-electron chi connectivity index (χ2n) is 3.50. The molecule has 0 fully saturated rings. The molecule has 0 saturated carbocycles. The van der Waals surface area contributed by atoms with Gasteiger partial charge in [-0.2, -0.15) is 0 Å². The van der Waals surface area contributed by atoms with Crippen LogP contribution in [-0.2, 0) is 6.54 Å². The Hall–Kier alpha value is -1.53. The van der Waals surface area contributed by atoms with Crippen LogP contribution in [0, 0.1) is 6.92 Å². The van der Waals surface area contributed by atoms with Crippen molar-refractivity contribution in [3.63, 3.8) is 0 Å². The summed E-state index contributed by atoms with van der Waals surface area (Å²) in [4.78, 5) is 8.93. The van der Waals surface area contributed by atoms with Crippen LogP contribution in [0.3, 0.4) is 0 Å². The Morgan fingerprint density at radius 3 is 3.06 bits per heavy atom. The van der Waals surface area contributed by atoms with Gasteiger partial charge in [-0.15, -0.1) is 11.3 Å². The molecule has 2 aromatic rings. The quantitative estimate of drug-likeness (QED) is 0.828. The average Bonchev–Trinajstić information content (AvgIpc) is 2.73. The fourth-order valence-corrected chi connectivity index (χ4v) is 2.26. The molecular formula is C11H12N4S2. The van der Waals surface area contributed by atoms with Gasteiger partial charge in [0.25, 0.3) is 0 Å². The molecule has 0 radical (unpaired) electrons. The van der Waals surface area contributed by atoms with Crippen molar-refractivity contribution in [1.82, 2.24) is 9.97 Å². The third-order valence-electron chi connectivity index (χ3n) is 2.15. The number of nitrogens with one attached hydrogen (secondary N) is 1. The van der Waals surface area contributed by atoms with Crippen molar-refractivity contribution in [2.45, 2.75) is 13.5 Å². The lowest BCUT2D eigenvalue weighted by molar-refractivity contribution is 1.06. The van der Waals surface area contributed by atoms with Gasteiger partial charge in [0.05, 0.1) is 12.1 Å². The normalized spacial score (nSPS) is 10.2. The zero-order valence-corrected chi connectivity index (χ0v) is 10.9. The van der Waals surface area contributed by atoms with Crippen molar-refractivity contribution >= 4 is 34.4 Å². The fourth-order valence-electron chi connectivity index (χ4n) is 1.39. The first-order valence-corrected chi connectivity index (χ1v) is 6.35. The highest BCUT2D eigenvalue weighted by molar-refractivity contribution is 7.80. The lowest BCUT2D eigenvalue weighted by Crippen LogP contribution is -2.14. The minimum atomic E-state index is 0.343. The zero-order chi connectivity index (χ0) is 12.3. The first-order chi connectivity index (χ1) is 8.16. The summed E-state index contributed by atoms with van der Waals surface area (Å²) in [6.45, 7) is 2.60. The number of thiazole rings is 1. The molecule has 88 valence electrons. The van der Waals surface area contributed by atoms with Crippen molar-refractivity contribution in [2.24, 2.45) is 5.73 Å². The molecule has 6 heteroatoms. The van der Waals surface area contributed by atoms with Crippen molar-refractivity contribution < 1.29 is 0 Å².